The first kappa shape index (κ1) is 17.5. The molecule has 0 spiro atoms. The molecule has 0 aliphatic heterocycles. The second-order valence-electron chi connectivity index (χ2n) is 6.36. The lowest BCUT2D eigenvalue weighted by Crippen LogP contribution is -2.23. The summed E-state index contributed by atoms with van der Waals surface area (Å²) < 4.78 is 2.45. The normalized spacial score (nSPS) is 17.3. The molecule has 0 bridgehead atoms. The van der Waals surface area contributed by atoms with Crippen LogP contribution in [0.15, 0.2) is 21.1 Å². The fourth-order valence-electron chi connectivity index (χ4n) is 3.32. The molecule has 1 saturated carbocycles. The van der Waals surface area contributed by atoms with Gasteiger partial charge in [-0.1, -0.05) is 64.5 Å². The van der Waals surface area contributed by atoms with Gasteiger partial charge in [0, 0.05) is 15.0 Å². The van der Waals surface area contributed by atoms with Gasteiger partial charge in [-0.05, 0) is 61.9 Å². The topological polar surface area (TPSA) is 12.0 Å². The molecule has 1 aliphatic carbocycles. The van der Waals surface area contributed by atoms with E-state index in [1.165, 1.54) is 65.0 Å². The quantitative estimate of drug-likeness (QED) is 0.532. The summed E-state index contributed by atoms with van der Waals surface area (Å²) in [6, 6.07) is 4.99. The molecule has 1 N–H and O–H groups in total. The molecule has 0 heterocycles. The molecular weight excluding hydrogens is 390 g/mol. The Morgan fingerprint density at radius 1 is 1.19 bits per heavy atom. The third-order valence-electron chi connectivity index (χ3n) is 4.63. The van der Waals surface area contributed by atoms with E-state index in [0.717, 1.165) is 12.5 Å². The fourth-order valence-corrected chi connectivity index (χ4v) is 4.41. The van der Waals surface area contributed by atoms with Crippen LogP contribution in [0.4, 0.5) is 0 Å². The van der Waals surface area contributed by atoms with Crippen LogP contribution in [0.25, 0.3) is 0 Å². The predicted octanol–water partition coefficient (Wildman–Crippen LogP) is 6.53. The molecule has 0 aromatic heterocycles. The molecule has 1 fully saturated rings. The standard InChI is InChI=1S/C18H27Br2N/c1-3-10-21-18(9-8-14-6-4-5-7-14)15-12-16(19)13(2)11-17(15)20/h11-12,14,18,21H,3-10H2,1-2H3. The van der Waals surface area contributed by atoms with Crippen LogP contribution in [0.2, 0.25) is 0 Å². The van der Waals surface area contributed by atoms with Gasteiger partial charge in [0.15, 0.2) is 0 Å². The van der Waals surface area contributed by atoms with Crippen molar-refractivity contribution in [3.05, 3.63) is 32.2 Å². The summed E-state index contributed by atoms with van der Waals surface area (Å²) in [5.41, 5.74) is 2.69. The number of benzene rings is 1. The zero-order valence-electron chi connectivity index (χ0n) is 13.2. The van der Waals surface area contributed by atoms with Crippen molar-refractivity contribution in [2.24, 2.45) is 5.92 Å². The summed E-state index contributed by atoms with van der Waals surface area (Å²) in [5, 5.41) is 3.75. The minimum Gasteiger partial charge on any atom is -0.310 e. The summed E-state index contributed by atoms with van der Waals surface area (Å²) in [5.74, 6) is 0.962. The summed E-state index contributed by atoms with van der Waals surface area (Å²) >= 11 is 7.45. The molecule has 1 aromatic carbocycles. The average molecular weight is 417 g/mol. The van der Waals surface area contributed by atoms with Crippen LogP contribution in [0.1, 0.15) is 69.0 Å². The second kappa shape index (κ2) is 8.69. The first-order valence-electron chi connectivity index (χ1n) is 8.30. The van der Waals surface area contributed by atoms with Crippen molar-refractivity contribution in [1.29, 1.82) is 0 Å². The monoisotopic (exact) mass is 415 g/mol. The van der Waals surface area contributed by atoms with Crippen molar-refractivity contribution in [2.45, 2.75) is 64.8 Å². The van der Waals surface area contributed by atoms with Crippen molar-refractivity contribution in [1.82, 2.24) is 5.32 Å². The Morgan fingerprint density at radius 2 is 1.90 bits per heavy atom. The highest BCUT2D eigenvalue weighted by molar-refractivity contribution is 9.11. The highest BCUT2D eigenvalue weighted by atomic mass is 79.9. The zero-order valence-corrected chi connectivity index (χ0v) is 16.4. The SMILES string of the molecule is CCCNC(CCC1CCCC1)c1cc(Br)c(C)cc1Br. The maximum atomic E-state index is 3.77. The van der Waals surface area contributed by atoms with Crippen molar-refractivity contribution >= 4 is 31.9 Å². The molecule has 0 amide bonds. The number of aryl methyl sites for hydroxylation is 1. The Kier molecular flexibility index (Phi) is 7.24. The molecule has 1 unspecified atom stereocenters. The Hall–Kier alpha value is 0.140. The van der Waals surface area contributed by atoms with E-state index in [2.05, 4.69) is 63.2 Å². The van der Waals surface area contributed by atoms with Crippen molar-refractivity contribution in [2.75, 3.05) is 6.54 Å². The summed E-state index contributed by atoms with van der Waals surface area (Å²) in [6.45, 7) is 5.47. The Morgan fingerprint density at radius 3 is 2.57 bits per heavy atom. The van der Waals surface area contributed by atoms with E-state index in [0.29, 0.717) is 6.04 Å². The van der Waals surface area contributed by atoms with Crippen molar-refractivity contribution < 1.29 is 0 Å². The lowest BCUT2D eigenvalue weighted by atomic mass is 9.94. The van der Waals surface area contributed by atoms with E-state index >= 15 is 0 Å². The molecule has 1 nitrogen and oxygen atoms in total. The minimum absolute atomic E-state index is 0.469. The fraction of sp³-hybridized carbons (Fsp3) is 0.667. The molecule has 21 heavy (non-hydrogen) atoms. The number of hydrogen-bond donors (Lipinski definition) is 1. The third-order valence-corrected chi connectivity index (χ3v) is 6.17. The molecule has 1 atom stereocenters. The van der Waals surface area contributed by atoms with Crippen LogP contribution in [0.3, 0.4) is 0 Å². The molecule has 118 valence electrons. The average Bonchev–Trinajstić information content (AvgIpc) is 2.97. The van der Waals surface area contributed by atoms with Gasteiger partial charge < -0.3 is 5.32 Å². The lowest BCUT2D eigenvalue weighted by Gasteiger charge is -2.23. The number of halogens is 2. The van der Waals surface area contributed by atoms with E-state index in [9.17, 15) is 0 Å². The van der Waals surface area contributed by atoms with Gasteiger partial charge in [0.1, 0.15) is 0 Å². The van der Waals surface area contributed by atoms with E-state index in [-0.39, 0.29) is 0 Å². The largest absolute Gasteiger partial charge is 0.310 e. The molecule has 1 aliphatic rings. The van der Waals surface area contributed by atoms with Gasteiger partial charge in [0.25, 0.3) is 0 Å². The van der Waals surface area contributed by atoms with Gasteiger partial charge in [-0.15, -0.1) is 0 Å². The van der Waals surface area contributed by atoms with Crippen LogP contribution in [-0.2, 0) is 0 Å². The molecular formula is C18H27Br2N. The molecule has 0 radical (unpaired) electrons. The minimum atomic E-state index is 0.469. The first-order valence-corrected chi connectivity index (χ1v) is 9.89. The number of rotatable bonds is 7. The Labute approximate surface area is 146 Å². The van der Waals surface area contributed by atoms with Gasteiger partial charge in [-0.25, -0.2) is 0 Å². The highest BCUT2D eigenvalue weighted by Gasteiger charge is 2.20. The Balaban J connectivity index is 2.08. The maximum Gasteiger partial charge on any atom is 0.0331 e. The maximum absolute atomic E-state index is 3.77. The van der Waals surface area contributed by atoms with Crippen molar-refractivity contribution in [3.63, 3.8) is 0 Å². The van der Waals surface area contributed by atoms with Crippen LogP contribution in [0.5, 0.6) is 0 Å². The van der Waals surface area contributed by atoms with E-state index in [4.69, 9.17) is 0 Å². The predicted molar refractivity (Wildman–Crippen MR) is 98.8 cm³/mol. The first-order chi connectivity index (χ1) is 10.1. The van der Waals surface area contributed by atoms with Crippen LogP contribution in [-0.4, -0.2) is 6.54 Å². The summed E-state index contributed by atoms with van der Waals surface area (Å²) in [6.07, 6.45) is 9.57. The molecule has 2 rings (SSSR count). The van der Waals surface area contributed by atoms with Crippen LogP contribution >= 0.6 is 31.9 Å². The van der Waals surface area contributed by atoms with E-state index < -0.39 is 0 Å². The third kappa shape index (κ3) is 5.07. The van der Waals surface area contributed by atoms with Crippen LogP contribution in [0, 0.1) is 12.8 Å². The molecule has 1 aromatic rings. The zero-order chi connectivity index (χ0) is 15.2. The van der Waals surface area contributed by atoms with Gasteiger partial charge in [0.05, 0.1) is 0 Å². The molecule has 0 saturated heterocycles. The second-order valence-corrected chi connectivity index (χ2v) is 8.07. The van der Waals surface area contributed by atoms with E-state index in [1.807, 2.05) is 0 Å². The molecule has 3 heteroatoms. The number of nitrogens with one attached hydrogen (secondary N) is 1. The van der Waals surface area contributed by atoms with Gasteiger partial charge in [-0.3, -0.25) is 0 Å². The van der Waals surface area contributed by atoms with E-state index in [1.54, 1.807) is 0 Å². The summed E-state index contributed by atoms with van der Waals surface area (Å²) in [4.78, 5) is 0. The highest BCUT2D eigenvalue weighted by Crippen LogP contribution is 2.35. The van der Waals surface area contributed by atoms with Crippen molar-refractivity contribution in [3.8, 4) is 0 Å². The van der Waals surface area contributed by atoms with Gasteiger partial charge in [-0.2, -0.15) is 0 Å². The lowest BCUT2D eigenvalue weighted by molar-refractivity contribution is 0.411. The van der Waals surface area contributed by atoms with Gasteiger partial charge in [0.2, 0.25) is 0 Å². The van der Waals surface area contributed by atoms with Crippen LogP contribution < -0.4 is 5.32 Å². The summed E-state index contributed by atoms with van der Waals surface area (Å²) in [7, 11) is 0. The smallest absolute Gasteiger partial charge is 0.0331 e. The number of hydrogen-bond acceptors (Lipinski definition) is 1. The Bertz CT molecular complexity index is 453. The van der Waals surface area contributed by atoms with Gasteiger partial charge >= 0.3 is 0 Å².